The molecule has 13 heteroatoms. The molecule has 5 heterocycles. The summed E-state index contributed by atoms with van der Waals surface area (Å²) in [6.45, 7) is 7.02. The standard InChI is InChI=1S/C51H55N9O4/c1-4-58(5-2)46(37-13-7-6-8-14-37)50(62)60-28-12-18-44(60)48-54-32-42(56-48)36-25-21-34(22-26-36)33-19-23-35(24-20-33)41-31-53-47(55-41)43-17-11-27-59(43)49(61)45(57(3)51(63)64)29-38-30-52-40-16-10-9-15-39(38)40/h6-10,13-16,19-26,30-32,43-46,52H,4-5,11-12,17-18,27-29H2,1-3H3,(H,53,55)(H,54,56)(H,63,64)/t43-,44-,45-,46+/m0/s1. The highest BCUT2D eigenvalue weighted by Crippen LogP contribution is 2.37. The largest absolute Gasteiger partial charge is 0.465 e. The zero-order valence-electron chi connectivity index (χ0n) is 36.6. The molecule has 0 aliphatic carbocycles. The van der Waals surface area contributed by atoms with Crippen LogP contribution in [0.4, 0.5) is 4.79 Å². The predicted octanol–water partition coefficient (Wildman–Crippen LogP) is 9.25. The van der Waals surface area contributed by atoms with Crippen LogP contribution >= 0.6 is 0 Å². The van der Waals surface area contributed by atoms with Crippen molar-refractivity contribution in [1.29, 1.82) is 0 Å². The van der Waals surface area contributed by atoms with Gasteiger partial charge < -0.3 is 29.9 Å². The fourth-order valence-corrected chi connectivity index (χ4v) is 9.73. The lowest BCUT2D eigenvalue weighted by Gasteiger charge is -2.34. The molecule has 64 heavy (non-hydrogen) atoms. The smallest absolute Gasteiger partial charge is 0.407 e. The molecule has 4 N–H and O–H groups in total. The molecule has 3 aromatic heterocycles. The Labute approximate surface area is 373 Å². The van der Waals surface area contributed by atoms with E-state index in [-0.39, 0.29) is 36.4 Å². The molecule has 4 atom stereocenters. The van der Waals surface area contributed by atoms with E-state index in [9.17, 15) is 19.5 Å². The van der Waals surface area contributed by atoms with Gasteiger partial charge in [-0.1, -0.05) is 111 Å². The predicted molar refractivity (Wildman–Crippen MR) is 248 cm³/mol. The average molecular weight is 858 g/mol. The summed E-state index contributed by atoms with van der Waals surface area (Å²) in [7, 11) is 1.47. The number of carboxylic acid groups (broad SMARTS) is 1. The van der Waals surface area contributed by atoms with Crippen molar-refractivity contribution in [3.8, 4) is 33.6 Å². The van der Waals surface area contributed by atoms with Crippen molar-refractivity contribution in [2.75, 3.05) is 33.2 Å². The highest BCUT2D eigenvalue weighted by Gasteiger charge is 2.40. The van der Waals surface area contributed by atoms with Crippen molar-refractivity contribution < 1.29 is 19.5 Å². The van der Waals surface area contributed by atoms with Gasteiger partial charge in [-0.05, 0) is 78.2 Å². The van der Waals surface area contributed by atoms with E-state index in [1.165, 1.54) is 7.05 Å². The molecule has 3 amide bonds. The van der Waals surface area contributed by atoms with E-state index < -0.39 is 12.1 Å². The molecule has 328 valence electrons. The molecule has 0 bridgehead atoms. The topological polar surface area (TPSA) is 158 Å². The van der Waals surface area contributed by atoms with E-state index in [4.69, 9.17) is 9.97 Å². The van der Waals surface area contributed by atoms with E-state index in [0.29, 0.717) is 18.9 Å². The fourth-order valence-electron chi connectivity index (χ4n) is 9.73. The molecule has 0 radical (unpaired) electrons. The molecular weight excluding hydrogens is 803 g/mol. The Morgan fingerprint density at radius 2 is 1.22 bits per heavy atom. The van der Waals surface area contributed by atoms with Gasteiger partial charge in [-0.15, -0.1) is 0 Å². The van der Waals surface area contributed by atoms with Gasteiger partial charge in [0, 0.05) is 43.7 Å². The Bertz CT molecular complexity index is 2720. The van der Waals surface area contributed by atoms with E-state index in [1.807, 2.05) is 59.8 Å². The molecule has 2 fully saturated rings. The number of likely N-dealkylation sites (N-methyl/N-ethyl adjacent to an activating group) is 2. The van der Waals surface area contributed by atoms with Gasteiger partial charge in [-0.25, -0.2) is 14.8 Å². The number of fused-ring (bicyclic) bond motifs is 1. The van der Waals surface area contributed by atoms with Crippen molar-refractivity contribution in [2.45, 2.75) is 70.1 Å². The van der Waals surface area contributed by atoms with E-state index >= 15 is 0 Å². The third-order valence-corrected chi connectivity index (χ3v) is 13.3. The van der Waals surface area contributed by atoms with Crippen molar-refractivity contribution >= 4 is 28.8 Å². The number of carbonyl (C=O) groups is 3. The minimum Gasteiger partial charge on any atom is -0.465 e. The maximum atomic E-state index is 14.3. The number of aromatic nitrogens is 5. The summed E-state index contributed by atoms with van der Waals surface area (Å²) in [5.74, 6) is 1.40. The number of aromatic amines is 3. The van der Waals surface area contributed by atoms with Gasteiger partial charge in [0.1, 0.15) is 23.7 Å². The van der Waals surface area contributed by atoms with Crippen LogP contribution in [0, 0.1) is 0 Å². The highest BCUT2D eigenvalue weighted by molar-refractivity contribution is 5.89. The van der Waals surface area contributed by atoms with Crippen LogP contribution in [0.2, 0.25) is 0 Å². The first-order valence-electron chi connectivity index (χ1n) is 22.4. The van der Waals surface area contributed by atoms with Crippen LogP contribution in [0.25, 0.3) is 44.5 Å². The molecule has 2 aliphatic heterocycles. The lowest BCUT2D eigenvalue weighted by molar-refractivity contribution is -0.138. The number of para-hydroxylation sites is 1. The Morgan fingerprint density at radius 3 is 1.77 bits per heavy atom. The average Bonchev–Trinajstić information content (AvgIpc) is 4.20. The lowest BCUT2D eigenvalue weighted by atomic mass is 10.0. The molecule has 2 saturated heterocycles. The number of nitrogens with one attached hydrogen (secondary N) is 3. The zero-order chi connectivity index (χ0) is 44.3. The Morgan fingerprint density at radius 1 is 0.703 bits per heavy atom. The third-order valence-electron chi connectivity index (χ3n) is 13.3. The minimum absolute atomic E-state index is 0.105. The third kappa shape index (κ3) is 8.30. The van der Waals surface area contributed by atoms with E-state index in [1.54, 1.807) is 11.1 Å². The first-order chi connectivity index (χ1) is 31.2. The summed E-state index contributed by atoms with van der Waals surface area (Å²) < 4.78 is 0. The van der Waals surface area contributed by atoms with Gasteiger partial charge >= 0.3 is 6.09 Å². The van der Waals surface area contributed by atoms with Crippen LogP contribution in [0.5, 0.6) is 0 Å². The Hall–Kier alpha value is -6.99. The number of hydrogen-bond acceptors (Lipinski definition) is 6. The molecule has 9 rings (SSSR count). The van der Waals surface area contributed by atoms with Crippen molar-refractivity contribution in [2.24, 2.45) is 0 Å². The van der Waals surface area contributed by atoms with E-state index in [0.717, 1.165) is 105 Å². The number of rotatable bonds is 14. The molecule has 0 spiro atoms. The summed E-state index contributed by atoms with van der Waals surface area (Å²) in [6.07, 6.45) is 7.98. The summed E-state index contributed by atoms with van der Waals surface area (Å²) in [5, 5.41) is 11.0. The molecular formula is C51H55N9O4. The first kappa shape index (κ1) is 42.3. The van der Waals surface area contributed by atoms with Gasteiger partial charge in [0.15, 0.2) is 0 Å². The maximum Gasteiger partial charge on any atom is 0.407 e. The first-order valence-corrected chi connectivity index (χ1v) is 22.4. The molecule has 4 aromatic carbocycles. The molecule has 0 saturated carbocycles. The summed E-state index contributed by atoms with van der Waals surface area (Å²) in [5.41, 5.74) is 8.74. The van der Waals surface area contributed by atoms with Gasteiger partial charge in [0.05, 0.1) is 35.9 Å². The monoisotopic (exact) mass is 857 g/mol. The number of H-pyrrole nitrogens is 3. The minimum atomic E-state index is -1.15. The summed E-state index contributed by atoms with van der Waals surface area (Å²) in [6, 6.07) is 33.0. The number of imidazole rings is 2. The van der Waals surface area contributed by atoms with Crippen LogP contribution in [0.15, 0.2) is 122 Å². The number of amides is 3. The second-order valence-corrected chi connectivity index (χ2v) is 16.9. The van der Waals surface area contributed by atoms with Gasteiger partial charge in [0.25, 0.3) is 0 Å². The van der Waals surface area contributed by atoms with Crippen molar-refractivity contribution in [3.63, 3.8) is 0 Å². The number of hydrogen-bond donors (Lipinski definition) is 4. The SMILES string of the molecule is CCN(CC)[C@@H](C(=O)N1CCC[C@H]1c1ncc(-c2ccc(-c3ccc(-c4cnc([C@@H]5CCCN5C(=O)[C@H](Cc5c[nH]c6ccccc56)N(C)C(=O)O)[nH]4)cc3)cc2)[nH]1)c1ccccc1. The summed E-state index contributed by atoms with van der Waals surface area (Å²) in [4.78, 5) is 67.7. The van der Waals surface area contributed by atoms with Crippen LogP contribution < -0.4 is 0 Å². The number of benzene rings is 4. The quantitative estimate of drug-likeness (QED) is 0.0849. The molecule has 13 nitrogen and oxygen atoms in total. The second-order valence-electron chi connectivity index (χ2n) is 16.9. The zero-order valence-corrected chi connectivity index (χ0v) is 36.6. The van der Waals surface area contributed by atoms with Gasteiger partial charge in [-0.3, -0.25) is 19.4 Å². The molecule has 2 aliphatic rings. The highest BCUT2D eigenvalue weighted by atomic mass is 16.4. The normalized spacial score (nSPS) is 17.3. The van der Waals surface area contributed by atoms with Crippen LogP contribution in [-0.4, -0.2) is 107 Å². The van der Waals surface area contributed by atoms with Crippen LogP contribution in [0.3, 0.4) is 0 Å². The number of likely N-dealkylation sites (tertiary alicyclic amines) is 2. The second kappa shape index (κ2) is 18.4. The number of nitrogens with zero attached hydrogens (tertiary/aromatic N) is 6. The molecule has 0 unspecified atom stereocenters. The Balaban J connectivity index is 0.863. The van der Waals surface area contributed by atoms with E-state index in [2.05, 4.69) is 94.4 Å². The van der Waals surface area contributed by atoms with Crippen molar-refractivity contribution in [1.82, 2.24) is 44.5 Å². The van der Waals surface area contributed by atoms with Crippen LogP contribution in [0.1, 0.15) is 80.4 Å². The Kier molecular flexibility index (Phi) is 12.2. The fraction of sp³-hybridized carbons (Fsp3) is 0.314. The van der Waals surface area contributed by atoms with Gasteiger partial charge in [-0.2, -0.15) is 0 Å². The molecule has 7 aromatic rings. The lowest BCUT2D eigenvalue weighted by Crippen LogP contribution is -2.50. The maximum absolute atomic E-state index is 14.3. The number of carbonyl (C=O) groups excluding carboxylic acids is 2. The van der Waals surface area contributed by atoms with Crippen molar-refractivity contribution in [3.05, 3.63) is 144 Å². The van der Waals surface area contributed by atoms with Gasteiger partial charge in [0.2, 0.25) is 11.8 Å². The van der Waals surface area contributed by atoms with Crippen LogP contribution in [-0.2, 0) is 16.0 Å². The summed E-state index contributed by atoms with van der Waals surface area (Å²) >= 11 is 0.